The van der Waals surface area contributed by atoms with E-state index in [0.29, 0.717) is 0 Å². The third kappa shape index (κ3) is 8.65. The van der Waals surface area contributed by atoms with Gasteiger partial charge in [-0.05, 0) is 12.3 Å². The normalized spacial score (nSPS) is 14.2. The summed E-state index contributed by atoms with van der Waals surface area (Å²) in [7, 11) is 0. The summed E-state index contributed by atoms with van der Waals surface area (Å²) in [5.74, 6) is -6.20. The molecule has 0 heterocycles. The Labute approximate surface area is 143 Å². The zero-order chi connectivity index (χ0) is 19.7. The van der Waals surface area contributed by atoms with Crippen molar-refractivity contribution < 1.29 is 39.3 Å². The molecule has 0 aromatic rings. The van der Waals surface area contributed by atoms with Crippen molar-refractivity contribution in [1.82, 2.24) is 10.6 Å². The van der Waals surface area contributed by atoms with Gasteiger partial charge in [-0.2, -0.15) is 0 Å². The van der Waals surface area contributed by atoms with E-state index in [4.69, 9.17) is 21.1 Å². The van der Waals surface area contributed by atoms with Gasteiger partial charge in [0.15, 0.2) is 0 Å². The van der Waals surface area contributed by atoms with Gasteiger partial charge in [-0.1, -0.05) is 13.8 Å². The van der Waals surface area contributed by atoms with E-state index in [1.54, 1.807) is 13.8 Å². The van der Waals surface area contributed by atoms with Crippen molar-refractivity contribution >= 4 is 29.7 Å². The lowest BCUT2D eigenvalue weighted by Gasteiger charge is -2.22. The van der Waals surface area contributed by atoms with E-state index in [2.05, 4.69) is 5.32 Å². The number of nitrogens with one attached hydrogen (secondary N) is 2. The number of aliphatic carboxylic acids is 3. The topological polar surface area (TPSA) is 196 Å². The Morgan fingerprint density at radius 1 is 0.880 bits per heavy atom. The predicted octanol–water partition coefficient (Wildman–Crippen LogP) is -1.64. The fraction of sp³-hybridized carbons (Fsp3) is 0.643. The molecule has 142 valence electrons. The molecule has 25 heavy (non-hydrogen) atoms. The Kier molecular flexibility index (Phi) is 9.13. The molecular weight excluding hydrogens is 338 g/mol. The smallest absolute Gasteiger partial charge is 0.326 e. The largest absolute Gasteiger partial charge is 0.481 e. The molecule has 0 aliphatic rings. The first-order valence-electron chi connectivity index (χ1n) is 7.48. The average Bonchev–Trinajstić information content (AvgIpc) is 2.48. The Hall–Kier alpha value is -2.69. The van der Waals surface area contributed by atoms with Crippen molar-refractivity contribution in [3.05, 3.63) is 0 Å². The van der Waals surface area contributed by atoms with Crippen LogP contribution in [0, 0.1) is 5.92 Å². The van der Waals surface area contributed by atoms with Crippen LogP contribution in [0.1, 0.15) is 33.1 Å². The number of carbonyl (C=O) groups is 5. The number of carbonyl (C=O) groups excluding carboxylic acids is 2. The summed E-state index contributed by atoms with van der Waals surface area (Å²) in [5.41, 5.74) is 5.62. The molecule has 0 aliphatic carbocycles. The first-order valence-corrected chi connectivity index (χ1v) is 7.48. The molecule has 0 rings (SSSR count). The number of carboxylic acid groups (broad SMARTS) is 3. The van der Waals surface area contributed by atoms with Gasteiger partial charge in [0, 0.05) is 6.42 Å². The third-order valence-corrected chi connectivity index (χ3v) is 3.29. The van der Waals surface area contributed by atoms with E-state index in [-0.39, 0.29) is 5.92 Å². The quantitative estimate of drug-likeness (QED) is 0.250. The number of carboxylic acids is 3. The van der Waals surface area contributed by atoms with Crippen LogP contribution in [0.3, 0.4) is 0 Å². The van der Waals surface area contributed by atoms with Crippen molar-refractivity contribution in [2.24, 2.45) is 11.7 Å². The van der Waals surface area contributed by atoms with Crippen LogP contribution < -0.4 is 16.4 Å². The van der Waals surface area contributed by atoms with Crippen LogP contribution in [0.5, 0.6) is 0 Å². The number of hydrogen-bond acceptors (Lipinski definition) is 6. The lowest BCUT2D eigenvalue weighted by Crippen LogP contribution is -2.55. The van der Waals surface area contributed by atoms with Crippen LogP contribution in [-0.2, 0) is 24.0 Å². The van der Waals surface area contributed by atoms with E-state index in [1.807, 2.05) is 5.32 Å². The summed E-state index contributed by atoms with van der Waals surface area (Å²) in [6.07, 6.45) is -1.69. The predicted molar refractivity (Wildman–Crippen MR) is 83.4 cm³/mol. The monoisotopic (exact) mass is 361 g/mol. The molecule has 0 saturated carbocycles. The molecule has 3 unspecified atom stereocenters. The molecule has 11 nitrogen and oxygen atoms in total. The van der Waals surface area contributed by atoms with Crippen LogP contribution in [0.4, 0.5) is 0 Å². The standard InChI is InChI=1S/C14H23N3O8/c1-6(2)11(15)13(23)17-8(5-10(20)21)12(22)16-7(14(24)25)3-4-9(18)19/h6-8,11H,3-5,15H2,1-2H3,(H,16,22)(H,17,23)(H,18,19)(H,20,21)(H,24,25). The van der Waals surface area contributed by atoms with Gasteiger partial charge in [-0.25, -0.2) is 4.79 Å². The third-order valence-electron chi connectivity index (χ3n) is 3.29. The van der Waals surface area contributed by atoms with E-state index >= 15 is 0 Å². The summed E-state index contributed by atoms with van der Waals surface area (Å²) < 4.78 is 0. The van der Waals surface area contributed by atoms with Crippen molar-refractivity contribution in [3.63, 3.8) is 0 Å². The number of hydrogen-bond donors (Lipinski definition) is 6. The molecule has 0 aliphatic heterocycles. The average molecular weight is 361 g/mol. The van der Waals surface area contributed by atoms with Gasteiger partial charge in [-0.3, -0.25) is 19.2 Å². The highest BCUT2D eigenvalue weighted by Crippen LogP contribution is 2.03. The summed E-state index contributed by atoms with van der Waals surface area (Å²) in [6, 6.07) is -4.05. The van der Waals surface area contributed by atoms with Gasteiger partial charge in [-0.15, -0.1) is 0 Å². The van der Waals surface area contributed by atoms with Crippen LogP contribution in [0.2, 0.25) is 0 Å². The van der Waals surface area contributed by atoms with E-state index in [0.717, 1.165) is 0 Å². The first-order chi connectivity index (χ1) is 11.5. The van der Waals surface area contributed by atoms with Gasteiger partial charge in [0.1, 0.15) is 12.1 Å². The summed E-state index contributed by atoms with van der Waals surface area (Å²) in [6.45, 7) is 3.31. The first kappa shape index (κ1) is 22.3. The maximum atomic E-state index is 12.1. The van der Waals surface area contributed by atoms with Crippen molar-refractivity contribution in [1.29, 1.82) is 0 Å². The van der Waals surface area contributed by atoms with Crippen molar-refractivity contribution in [3.8, 4) is 0 Å². The second-order valence-electron chi connectivity index (χ2n) is 5.76. The molecule has 0 radical (unpaired) electrons. The Bertz CT molecular complexity index is 534. The van der Waals surface area contributed by atoms with E-state index < -0.39 is 67.1 Å². The molecule has 0 saturated heterocycles. The Morgan fingerprint density at radius 2 is 1.40 bits per heavy atom. The minimum absolute atomic E-state index is 0.268. The maximum Gasteiger partial charge on any atom is 0.326 e. The molecule has 11 heteroatoms. The van der Waals surface area contributed by atoms with Crippen LogP contribution in [0.15, 0.2) is 0 Å². The van der Waals surface area contributed by atoms with Crippen LogP contribution >= 0.6 is 0 Å². The molecule has 7 N–H and O–H groups in total. The number of rotatable bonds is 11. The highest BCUT2D eigenvalue weighted by molar-refractivity contribution is 5.94. The molecule has 3 atom stereocenters. The second-order valence-corrected chi connectivity index (χ2v) is 5.76. The van der Waals surface area contributed by atoms with Crippen molar-refractivity contribution in [2.45, 2.75) is 51.2 Å². The zero-order valence-electron chi connectivity index (χ0n) is 13.9. The van der Waals surface area contributed by atoms with Gasteiger partial charge >= 0.3 is 17.9 Å². The van der Waals surface area contributed by atoms with Gasteiger partial charge in [0.25, 0.3) is 0 Å². The van der Waals surface area contributed by atoms with Gasteiger partial charge in [0.05, 0.1) is 12.5 Å². The SMILES string of the molecule is CC(C)C(N)C(=O)NC(CC(=O)O)C(=O)NC(CCC(=O)O)C(=O)O. The lowest BCUT2D eigenvalue weighted by atomic mass is 10.0. The van der Waals surface area contributed by atoms with Gasteiger partial charge < -0.3 is 31.7 Å². The molecular formula is C14H23N3O8. The second kappa shape index (κ2) is 10.2. The van der Waals surface area contributed by atoms with E-state index in [1.165, 1.54) is 0 Å². The zero-order valence-corrected chi connectivity index (χ0v) is 13.9. The maximum absolute atomic E-state index is 12.1. The Balaban J connectivity index is 5.08. The molecule has 0 fully saturated rings. The van der Waals surface area contributed by atoms with Crippen molar-refractivity contribution in [2.75, 3.05) is 0 Å². The van der Waals surface area contributed by atoms with Gasteiger partial charge in [0.2, 0.25) is 11.8 Å². The van der Waals surface area contributed by atoms with E-state index in [9.17, 15) is 24.0 Å². The molecule has 2 amide bonds. The molecule has 0 aromatic heterocycles. The number of amides is 2. The summed E-state index contributed by atoms with van der Waals surface area (Å²) in [5, 5.41) is 30.7. The van der Waals surface area contributed by atoms with Crippen LogP contribution in [0.25, 0.3) is 0 Å². The number of nitrogens with two attached hydrogens (primary N) is 1. The highest BCUT2D eigenvalue weighted by Gasteiger charge is 2.30. The Morgan fingerprint density at radius 3 is 1.80 bits per heavy atom. The molecule has 0 aromatic carbocycles. The highest BCUT2D eigenvalue weighted by atomic mass is 16.4. The minimum Gasteiger partial charge on any atom is -0.481 e. The summed E-state index contributed by atoms with van der Waals surface area (Å²) >= 11 is 0. The molecule has 0 spiro atoms. The summed E-state index contributed by atoms with van der Waals surface area (Å²) in [4.78, 5) is 56.5. The van der Waals surface area contributed by atoms with Crippen LogP contribution in [-0.4, -0.2) is 63.2 Å². The fourth-order valence-electron chi connectivity index (χ4n) is 1.75. The molecule has 0 bridgehead atoms. The lowest BCUT2D eigenvalue weighted by molar-refractivity contribution is -0.144. The minimum atomic E-state index is -1.54. The fourth-order valence-corrected chi connectivity index (χ4v) is 1.75.